The van der Waals surface area contributed by atoms with Crippen LogP contribution in [0.15, 0.2) is 16.5 Å². The average Bonchev–Trinajstić information content (AvgIpc) is 3.19. The summed E-state index contributed by atoms with van der Waals surface area (Å²) in [7, 11) is 0. The second kappa shape index (κ2) is 9.80. The van der Waals surface area contributed by atoms with Gasteiger partial charge in [0.05, 0.1) is 0 Å². The van der Waals surface area contributed by atoms with Gasteiger partial charge in [0.1, 0.15) is 12.4 Å². The van der Waals surface area contributed by atoms with Crippen LogP contribution in [0.25, 0.3) is 11.0 Å². The highest BCUT2D eigenvalue weighted by Crippen LogP contribution is 2.45. The molecule has 1 aromatic heterocycles. The van der Waals surface area contributed by atoms with Gasteiger partial charge in [-0.2, -0.15) is 4.39 Å². The van der Waals surface area contributed by atoms with Crippen molar-refractivity contribution in [1.29, 1.82) is 0 Å². The maximum Gasteiger partial charge on any atom is 0.202 e. The van der Waals surface area contributed by atoms with Crippen LogP contribution in [0.2, 0.25) is 0 Å². The quantitative estimate of drug-likeness (QED) is 0.453. The molecular formula is C26H36F2O2. The van der Waals surface area contributed by atoms with Crippen LogP contribution >= 0.6 is 0 Å². The molecule has 166 valence electrons. The Morgan fingerprint density at radius 1 is 0.900 bits per heavy atom. The molecule has 30 heavy (non-hydrogen) atoms. The first-order valence-electron chi connectivity index (χ1n) is 12.1. The number of rotatable bonds is 7. The summed E-state index contributed by atoms with van der Waals surface area (Å²) < 4.78 is 40.4. The number of ether oxygens (including phenoxy) is 1. The van der Waals surface area contributed by atoms with Crippen molar-refractivity contribution in [3.8, 4) is 0 Å². The molecule has 1 aromatic carbocycles. The van der Waals surface area contributed by atoms with Crippen molar-refractivity contribution < 1.29 is 17.9 Å². The zero-order valence-corrected chi connectivity index (χ0v) is 18.5. The van der Waals surface area contributed by atoms with Gasteiger partial charge in [-0.25, -0.2) is 4.39 Å². The molecule has 2 aliphatic carbocycles. The lowest BCUT2D eigenvalue weighted by molar-refractivity contribution is 0.119. The fourth-order valence-electron chi connectivity index (χ4n) is 6.02. The molecule has 0 aliphatic heterocycles. The number of furan rings is 1. The highest BCUT2D eigenvalue weighted by Gasteiger charge is 2.32. The minimum absolute atomic E-state index is 0.0171. The molecule has 4 heteroatoms. The number of fused-ring (bicyclic) bond motifs is 1. The molecule has 0 amide bonds. The van der Waals surface area contributed by atoms with Crippen molar-refractivity contribution in [2.45, 2.75) is 90.6 Å². The summed E-state index contributed by atoms with van der Waals surface area (Å²) in [4.78, 5) is 0. The minimum atomic E-state index is -0.846. The third-order valence-electron chi connectivity index (χ3n) is 7.68. The highest BCUT2D eigenvalue weighted by atomic mass is 19.2. The predicted octanol–water partition coefficient (Wildman–Crippen LogP) is 8.13. The van der Waals surface area contributed by atoms with Gasteiger partial charge in [-0.1, -0.05) is 32.6 Å². The van der Waals surface area contributed by atoms with Crippen molar-refractivity contribution >= 4 is 11.0 Å². The smallest absolute Gasteiger partial charge is 0.202 e. The fraction of sp³-hybridized carbons (Fsp3) is 0.692. The maximum absolute atomic E-state index is 14.9. The Hall–Kier alpha value is -1.42. The standard InChI is InChI=1S/C26H36F2O2/c1-3-5-17-6-8-18(9-7-17)19-10-12-20(13-11-19)23-15-21-14-22(16-29-4-2)30-26(21)25(28)24(23)27/h14-15,17-20H,3-13,16H2,1-2H3. The predicted molar refractivity (Wildman–Crippen MR) is 117 cm³/mol. The van der Waals surface area contributed by atoms with Gasteiger partial charge in [0.2, 0.25) is 5.82 Å². The fourth-order valence-corrected chi connectivity index (χ4v) is 6.02. The monoisotopic (exact) mass is 418 g/mol. The zero-order chi connectivity index (χ0) is 21.1. The van der Waals surface area contributed by atoms with Crippen LogP contribution in [0.5, 0.6) is 0 Å². The molecule has 0 unspecified atom stereocenters. The Bertz CT molecular complexity index is 827. The van der Waals surface area contributed by atoms with Crippen molar-refractivity contribution in [3.63, 3.8) is 0 Å². The van der Waals surface area contributed by atoms with E-state index in [2.05, 4.69) is 6.92 Å². The summed E-state index contributed by atoms with van der Waals surface area (Å²) in [5.41, 5.74) is 0.553. The van der Waals surface area contributed by atoms with Crippen molar-refractivity contribution in [1.82, 2.24) is 0 Å². The van der Waals surface area contributed by atoms with Gasteiger partial charge in [0, 0.05) is 12.0 Å². The zero-order valence-electron chi connectivity index (χ0n) is 18.5. The second-order valence-corrected chi connectivity index (χ2v) is 9.54. The first kappa shape index (κ1) is 21.8. The maximum atomic E-state index is 14.9. The topological polar surface area (TPSA) is 22.4 Å². The van der Waals surface area contributed by atoms with E-state index in [1.807, 2.05) is 13.0 Å². The molecule has 2 fully saturated rings. The van der Waals surface area contributed by atoms with E-state index in [1.54, 1.807) is 6.07 Å². The van der Waals surface area contributed by atoms with Crippen LogP contribution in [-0.4, -0.2) is 6.61 Å². The van der Waals surface area contributed by atoms with Crippen molar-refractivity contribution in [2.75, 3.05) is 6.61 Å². The summed E-state index contributed by atoms with van der Waals surface area (Å²) in [6.45, 7) is 5.03. The van der Waals surface area contributed by atoms with Crippen molar-refractivity contribution in [2.24, 2.45) is 17.8 Å². The van der Waals surface area contributed by atoms with E-state index in [-0.39, 0.29) is 18.1 Å². The van der Waals surface area contributed by atoms with Gasteiger partial charge in [-0.05, 0) is 86.8 Å². The van der Waals surface area contributed by atoms with Crippen LogP contribution in [0.4, 0.5) is 8.78 Å². The van der Waals surface area contributed by atoms with Crippen molar-refractivity contribution in [3.05, 3.63) is 35.1 Å². The van der Waals surface area contributed by atoms with Crippen LogP contribution in [0.3, 0.4) is 0 Å². The lowest BCUT2D eigenvalue weighted by Gasteiger charge is -2.38. The summed E-state index contributed by atoms with van der Waals surface area (Å²) >= 11 is 0. The lowest BCUT2D eigenvalue weighted by Crippen LogP contribution is -2.25. The molecule has 2 aliphatic rings. The van der Waals surface area contributed by atoms with E-state index in [9.17, 15) is 8.78 Å². The molecule has 1 heterocycles. The normalized spacial score (nSPS) is 27.6. The summed E-state index contributed by atoms with van der Waals surface area (Å²) in [6.07, 6.45) is 12.4. The van der Waals surface area contributed by atoms with Gasteiger partial charge in [-0.3, -0.25) is 0 Å². The van der Waals surface area contributed by atoms with E-state index < -0.39 is 11.6 Å². The number of benzene rings is 1. The van der Waals surface area contributed by atoms with Crippen LogP contribution < -0.4 is 0 Å². The summed E-state index contributed by atoms with van der Waals surface area (Å²) in [5, 5.41) is 0.648. The molecular weight excluding hydrogens is 382 g/mol. The largest absolute Gasteiger partial charge is 0.455 e. The first-order valence-corrected chi connectivity index (χ1v) is 12.1. The molecule has 0 N–H and O–H groups in total. The Balaban J connectivity index is 1.41. The Labute approximate surface area is 179 Å². The Kier molecular flexibility index (Phi) is 7.12. The summed E-state index contributed by atoms with van der Waals surface area (Å²) in [6, 6.07) is 3.60. The molecule has 2 aromatic rings. The van der Waals surface area contributed by atoms with E-state index in [0.717, 1.165) is 43.4 Å². The molecule has 0 radical (unpaired) electrons. The minimum Gasteiger partial charge on any atom is -0.455 e. The molecule has 0 saturated heterocycles. The highest BCUT2D eigenvalue weighted by molar-refractivity contribution is 5.79. The molecule has 0 bridgehead atoms. The van der Waals surface area contributed by atoms with Gasteiger partial charge < -0.3 is 9.15 Å². The van der Waals surface area contributed by atoms with Gasteiger partial charge >= 0.3 is 0 Å². The third-order valence-corrected chi connectivity index (χ3v) is 7.68. The van der Waals surface area contributed by atoms with E-state index >= 15 is 0 Å². The number of hydrogen-bond donors (Lipinski definition) is 0. The van der Waals surface area contributed by atoms with Gasteiger partial charge in [0.15, 0.2) is 11.4 Å². The van der Waals surface area contributed by atoms with Crippen LogP contribution in [-0.2, 0) is 11.3 Å². The van der Waals surface area contributed by atoms with E-state index in [0.29, 0.717) is 23.3 Å². The Morgan fingerprint density at radius 2 is 1.57 bits per heavy atom. The SMILES string of the molecule is CCCC1CCC(C2CCC(c3cc4cc(COCC)oc4c(F)c3F)CC2)CC1. The van der Waals surface area contributed by atoms with Crippen LogP contribution in [0.1, 0.15) is 95.3 Å². The molecule has 2 nitrogen and oxygen atoms in total. The third kappa shape index (κ3) is 4.59. The molecule has 0 atom stereocenters. The second-order valence-electron chi connectivity index (χ2n) is 9.54. The molecule has 2 saturated carbocycles. The number of hydrogen-bond acceptors (Lipinski definition) is 2. The average molecular weight is 419 g/mol. The Morgan fingerprint density at radius 3 is 2.20 bits per heavy atom. The summed E-state index contributed by atoms with van der Waals surface area (Å²) in [5.74, 6) is 1.65. The lowest BCUT2D eigenvalue weighted by atomic mass is 9.68. The van der Waals surface area contributed by atoms with Gasteiger partial charge in [-0.15, -0.1) is 0 Å². The van der Waals surface area contributed by atoms with E-state index in [1.165, 1.54) is 38.5 Å². The number of halogens is 2. The molecule has 4 rings (SSSR count). The van der Waals surface area contributed by atoms with Gasteiger partial charge in [0.25, 0.3) is 0 Å². The molecule has 0 spiro atoms. The van der Waals surface area contributed by atoms with E-state index in [4.69, 9.17) is 9.15 Å². The van der Waals surface area contributed by atoms with Crippen LogP contribution in [0, 0.1) is 29.4 Å². The first-order chi connectivity index (χ1) is 14.6.